The van der Waals surface area contributed by atoms with E-state index in [4.69, 9.17) is 4.74 Å². The third-order valence-electron chi connectivity index (χ3n) is 3.70. The number of carbonyl (C=O) groups is 1. The van der Waals surface area contributed by atoms with Crippen molar-refractivity contribution in [2.24, 2.45) is 5.92 Å². The number of quaternary nitrogens is 1. The molecule has 1 aliphatic rings. The van der Waals surface area contributed by atoms with E-state index < -0.39 is 0 Å². The Morgan fingerprint density at radius 1 is 1.22 bits per heavy atom. The van der Waals surface area contributed by atoms with Gasteiger partial charge in [0.25, 0.3) is 0 Å². The molecule has 0 unspecified atom stereocenters. The van der Waals surface area contributed by atoms with Gasteiger partial charge in [0, 0.05) is 5.56 Å². The monoisotopic (exact) mass is 269 g/mol. The van der Waals surface area contributed by atoms with E-state index in [2.05, 4.69) is 31.3 Å². The van der Waals surface area contributed by atoms with E-state index in [0.717, 1.165) is 0 Å². The van der Waals surface area contributed by atoms with Crippen molar-refractivity contribution < 1.29 is 27.3 Å². The van der Waals surface area contributed by atoms with E-state index in [1.54, 1.807) is 0 Å². The lowest BCUT2D eigenvalue weighted by Crippen LogP contribution is -3.00. The SMILES string of the molecule is C[C@H]1[C@H](C)OC(=O)[C@@H]1[NH2+][C@@H](C)c1ccccc1.[Cl-]. The second-order valence-corrected chi connectivity index (χ2v) is 4.92. The van der Waals surface area contributed by atoms with E-state index in [1.807, 2.05) is 25.1 Å². The Hall–Kier alpha value is -1.06. The number of halogens is 1. The summed E-state index contributed by atoms with van der Waals surface area (Å²) in [6.45, 7) is 6.16. The third kappa shape index (κ3) is 3.03. The lowest BCUT2D eigenvalue weighted by atomic mass is 9.98. The maximum absolute atomic E-state index is 11.7. The Kier molecular flexibility index (Phi) is 5.17. The van der Waals surface area contributed by atoms with Crippen molar-refractivity contribution in [2.45, 2.75) is 39.0 Å². The summed E-state index contributed by atoms with van der Waals surface area (Å²) in [5.74, 6) is 0.196. The van der Waals surface area contributed by atoms with E-state index in [0.29, 0.717) is 0 Å². The highest BCUT2D eigenvalue weighted by Crippen LogP contribution is 2.20. The average Bonchev–Trinajstić information content (AvgIpc) is 2.57. The first kappa shape index (κ1) is 15.0. The van der Waals surface area contributed by atoms with Gasteiger partial charge in [-0.3, -0.25) is 0 Å². The first-order valence-electron chi connectivity index (χ1n) is 6.20. The standard InChI is InChI=1S/C14H19NO2.ClH/c1-9-11(3)17-14(16)13(9)15-10(2)12-7-5-4-6-8-12;/h4-11,13,15H,1-3H3;1H/t9-,10-,11-,13+;/m0./s1. The summed E-state index contributed by atoms with van der Waals surface area (Å²) >= 11 is 0. The zero-order valence-corrected chi connectivity index (χ0v) is 11.7. The summed E-state index contributed by atoms with van der Waals surface area (Å²) in [6.07, 6.45) is 0.0340. The van der Waals surface area contributed by atoms with Crippen molar-refractivity contribution in [1.82, 2.24) is 0 Å². The van der Waals surface area contributed by atoms with Gasteiger partial charge in [-0.05, 0) is 13.8 Å². The van der Waals surface area contributed by atoms with Crippen LogP contribution >= 0.6 is 0 Å². The normalized spacial score (nSPS) is 28.4. The first-order valence-corrected chi connectivity index (χ1v) is 6.20. The zero-order valence-electron chi connectivity index (χ0n) is 11.0. The minimum atomic E-state index is -0.0761. The van der Waals surface area contributed by atoms with E-state index in [9.17, 15) is 4.79 Å². The molecule has 2 rings (SSSR count). The molecular weight excluding hydrogens is 250 g/mol. The van der Waals surface area contributed by atoms with Gasteiger partial charge >= 0.3 is 5.97 Å². The molecule has 0 aromatic heterocycles. The summed E-state index contributed by atoms with van der Waals surface area (Å²) in [4.78, 5) is 11.7. The van der Waals surface area contributed by atoms with E-state index in [1.165, 1.54) is 5.56 Å². The Morgan fingerprint density at radius 2 is 1.83 bits per heavy atom. The van der Waals surface area contributed by atoms with Gasteiger partial charge in [-0.25, -0.2) is 4.79 Å². The van der Waals surface area contributed by atoms with Crippen molar-refractivity contribution >= 4 is 5.97 Å². The number of hydrogen-bond donors (Lipinski definition) is 1. The number of esters is 1. The molecule has 0 aliphatic carbocycles. The van der Waals surface area contributed by atoms with E-state index in [-0.39, 0.29) is 42.5 Å². The van der Waals surface area contributed by atoms with Gasteiger partial charge in [-0.2, -0.15) is 0 Å². The Bertz CT molecular complexity index is 396. The van der Waals surface area contributed by atoms with Crippen LogP contribution in [0.2, 0.25) is 0 Å². The molecule has 1 aliphatic heterocycles. The van der Waals surface area contributed by atoms with Gasteiger partial charge < -0.3 is 22.5 Å². The Labute approximate surface area is 114 Å². The fourth-order valence-electron chi connectivity index (χ4n) is 2.31. The summed E-state index contributed by atoms with van der Waals surface area (Å²) in [6, 6.07) is 10.5. The largest absolute Gasteiger partial charge is 1.00 e. The molecule has 18 heavy (non-hydrogen) atoms. The Morgan fingerprint density at radius 3 is 2.33 bits per heavy atom. The molecule has 0 amide bonds. The molecule has 0 spiro atoms. The van der Waals surface area contributed by atoms with Crippen LogP contribution in [0.15, 0.2) is 30.3 Å². The van der Waals surface area contributed by atoms with Crippen LogP contribution in [0.1, 0.15) is 32.4 Å². The molecule has 0 radical (unpaired) electrons. The predicted octanol–water partition coefficient (Wildman–Crippen LogP) is -1.73. The van der Waals surface area contributed by atoms with Gasteiger partial charge in [-0.15, -0.1) is 0 Å². The number of benzene rings is 1. The third-order valence-corrected chi connectivity index (χ3v) is 3.70. The minimum Gasteiger partial charge on any atom is -1.00 e. The number of nitrogens with two attached hydrogens (primary N) is 1. The van der Waals surface area contributed by atoms with Crippen LogP contribution in [0, 0.1) is 5.92 Å². The highest BCUT2D eigenvalue weighted by Gasteiger charge is 2.43. The fourth-order valence-corrected chi connectivity index (χ4v) is 2.31. The number of rotatable bonds is 3. The van der Waals surface area contributed by atoms with E-state index >= 15 is 0 Å². The molecule has 1 aromatic carbocycles. The topological polar surface area (TPSA) is 42.9 Å². The van der Waals surface area contributed by atoms with Gasteiger partial charge in [0.05, 0.1) is 5.92 Å². The number of cyclic esters (lactones) is 1. The number of hydrogen-bond acceptors (Lipinski definition) is 2. The summed E-state index contributed by atoms with van der Waals surface area (Å²) in [5.41, 5.74) is 1.24. The molecule has 2 N–H and O–H groups in total. The van der Waals surface area contributed by atoms with Crippen LogP contribution in [-0.4, -0.2) is 18.1 Å². The highest BCUT2D eigenvalue weighted by atomic mass is 35.5. The molecule has 1 heterocycles. The van der Waals surface area contributed by atoms with Crippen molar-refractivity contribution in [3.8, 4) is 0 Å². The van der Waals surface area contributed by atoms with Crippen LogP contribution in [0.4, 0.5) is 0 Å². The van der Waals surface area contributed by atoms with Crippen molar-refractivity contribution in [1.29, 1.82) is 0 Å². The van der Waals surface area contributed by atoms with Crippen molar-refractivity contribution in [3.63, 3.8) is 0 Å². The number of ether oxygens (including phenoxy) is 1. The lowest BCUT2D eigenvalue weighted by Gasteiger charge is -2.17. The maximum Gasteiger partial charge on any atom is 0.365 e. The van der Waals surface area contributed by atoms with Crippen LogP contribution < -0.4 is 17.7 Å². The van der Waals surface area contributed by atoms with Gasteiger partial charge in [0.15, 0.2) is 6.04 Å². The quantitative estimate of drug-likeness (QED) is 0.663. The lowest BCUT2D eigenvalue weighted by molar-refractivity contribution is -0.717. The second-order valence-electron chi connectivity index (χ2n) is 4.92. The van der Waals surface area contributed by atoms with Gasteiger partial charge in [-0.1, -0.05) is 37.3 Å². The van der Waals surface area contributed by atoms with Crippen LogP contribution in [0.3, 0.4) is 0 Å². The number of carbonyl (C=O) groups excluding carboxylic acids is 1. The van der Waals surface area contributed by atoms with Crippen molar-refractivity contribution in [3.05, 3.63) is 35.9 Å². The predicted molar refractivity (Wildman–Crippen MR) is 65.3 cm³/mol. The molecule has 1 fully saturated rings. The van der Waals surface area contributed by atoms with Crippen LogP contribution in [-0.2, 0) is 9.53 Å². The second kappa shape index (κ2) is 6.21. The summed E-state index contributed by atoms with van der Waals surface area (Å²) < 4.78 is 5.25. The van der Waals surface area contributed by atoms with Crippen LogP contribution in [0.25, 0.3) is 0 Å². The smallest absolute Gasteiger partial charge is 0.365 e. The first-order chi connectivity index (χ1) is 8.09. The molecule has 0 saturated carbocycles. The summed E-state index contributed by atoms with van der Waals surface area (Å²) in [5, 5.41) is 2.12. The maximum atomic E-state index is 11.7. The molecule has 0 bridgehead atoms. The minimum absolute atomic E-state index is 0. The Balaban J connectivity index is 0.00000162. The van der Waals surface area contributed by atoms with Gasteiger partial charge in [0.1, 0.15) is 12.1 Å². The highest BCUT2D eigenvalue weighted by molar-refractivity contribution is 5.76. The average molecular weight is 270 g/mol. The van der Waals surface area contributed by atoms with Crippen LogP contribution in [0.5, 0.6) is 0 Å². The summed E-state index contributed by atoms with van der Waals surface area (Å²) in [7, 11) is 0. The molecule has 3 nitrogen and oxygen atoms in total. The molecule has 4 atom stereocenters. The molecule has 1 aromatic rings. The molecule has 100 valence electrons. The molecule has 1 saturated heterocycles. The fraction of sp³-hybridized carbons (Fsp3) is 0.500. The molecular formula is C14H20ClNO2. The van der Waals surface area contributed by atoms with Gasteiger partial charge in [0.2, 0.25) is 0 Å². The van der Waals surface area contributed by atoms with Crippen molar-refractivity contribution in [2.75, 3.05) is 0 Å². The zero-order chi connectivity index (χ0) is 12.4. The molecule has 4 heteroatoms.